The van der Waals surface area contributed by atoms with Gasteiger partial charge in [-0.1, -0.05) is 28.6 Å². The quantitative estimate of drug-likeness (QED) is 0.771. The van der Waals surface area contributed by atoms with Crippen molar-refractivity contribution in [2.24, 2.45) is 0 Å². The summed E-state index contributed by atoms with van der Waals surface area (Å²) in [7, 11) is 0. The molecular weight excluding hydrogens is 318 g/mol. The number of nitrogens with zero attached hydrogens (tertiary/aromatic N) is 4. The van der Waals surface area contributed by atoms with Crippen LogP contribution in [0.2, 0.25) is 0 Å². The molecule has 1 N–H and O–H groups in total. The monoisotopic (exact) mass is 337 g/mol. The molecule has 128 valence electrons. The van der Waals surface area contributed by atoms with Gasteiger partial charge in [0.25, 0.3) is 5.91 Å². The van der Waals surface area contributed by atoms with E-state index in [2.05, 4.69) is 20.8 Å². The molecular formula is C18H19N5O2. The van der Waals surface area contributed by atoms with Gasteiger partial charge in [0.2, 0.25) is 0 Å². The SMILES string of the molecule is O=C(NCc1cn(Cc2noc3c2CCCC3)nn1)c1ccccc1. The summed E-state index contributed by atoms with van der Waals surface area (Å²) in [6.45, 7) is 0.878. The second-order valence-electron chi connectivity index (χ2n) is 6.19. The van der Waals surface area contributed by atoms with Crippen LogP contribution in [0.1, 0.15) is 45.9 Å². The molecule has 2 heterocycles. The molecule has 4 rings (SSSR count). The standard InChI is InChI=1S/C18H19N5O2/c24-18(13-6-2-1-3-7-13)19-10-14-11-23(22-20-14)12-16-15-8-4-5-9-17(15)25-21-16/h1-3,6-7,11H,4-5,8-10,12H2,(H,19,24). The van der Waals surface area contributed by atoms with Crippen LogP contribution >= 0.6 is 0 Å². The van der Waals surface area contributed by atoms with Crippen LogP contribution in [0.4, 0.5) is 0 Å². The van der Waals surface area contributed by atoms with Gasteiger partial charge in [0.1, 0.15) is 17.1 Å². The molecule has 0 saturated heterocycles. The Morgan fingerprint density at radius 1 is 1.20 bits per heavy atom. The lowest BCUT2D eigenvalue weighted by Crippen LogP contribution is -2.22. The molecule has 7 heteroatoms. The predicted octanol–water partition coefficient (Wildman–Crippen LogP) is 2.12. The van der Waals surface area contributed by atoms with E-state index in [4.69, 9.17) is 4.52 Å². The fourth-order valence-corrected chi connectivity index (χ4v) is 3.09. The maximum absolute atomic E-state index is 12.1. The molecule has 2 aromatic heterocycles. The molecule has 1 aromatic carbocycles. The van der Waals surface area contributed by atoms with Gasteiger partial charge in [-0.15, -0.1) is 5.10 Å². The van der Waals surface area contributed by atoms with Crippen LogP contribution < -0.4 is 5.32 Å². The van der Waals surface area contributed by atoms with Crippen molar-refractivity contribution in [3.8, 4) is 0 Å². The van der Waals surface area contributed by atoms with Crippen molar-refractivity contribution in [1.29, 1.82) is 0 Å². The summed E-state index contributed by atoms with van der Waals surface area (Å²) in [4.78, 5) is 12.1. The van der Waals surface area contributed by atoms with E-state index in [9.17, 15) is 4.79 Å². The van der Waals surface area contributed by atoms with Crippen LogP contribution in [-0.4, -0.2) is 26.1 Å². The Hall–Kier alpha value is -2.96. The highest BCUT2D eigenvalue weighted by molar-refractivity contribution is 5.93. The van der Waals surface area contributed by atoms with Gasteiger partial charge in [-0.25, -0.2) is 4.68 Å². The maximum atomic E-state index is 12.1. The molecule has 1 amide bonds. The highest BCUT2D eigenvalue weighted by Gasteiger charge is 2.19. The highest BCUT2D eigenvalue weighted by atomic mass is 16.5. The lowest BCUT2D eigenvalue weighted by atomic mass is 9.96. The summed E-state index contributed by atoms with van der Waals surface area (Å²) in [6, 6.07) is 9.11. The van der Waals surface area contributed by atoms with E-state index in [-0.39, 0.29) is 5.91 Å². The summed E-state index contributed by atoms with van der Waals surface area (Å²) in [5.74, 6) is 0.887. The van der Waals surface area contributed by atoms with Crippen LogP contribution in [0.5, 0.6) is 0 Å². The normalized spacial score (nSPS) is 13.4. The second-order valence-corrected chi connectivity index (χ2v) is 6.19. The van der Waals surface area contributed by atoms with Gasteiger partial charge in [0.15, 0.2) is 0 Å². The van der Waals surface area contributed by atoms with Crippen molar-refractivity contribution in [2.75, 3.05) is 0 Å². The first-order valence-electron chi connectivity index (χ1n) is 8.48. The zero-order chi connectivity index (χ0) is 17.1. The summed E-state index contributed by atoms with van der Waals surface area (Å²) >= 11 is 0. The Morgan fingerprint density at radius 2 is 2.04 bits per heavy atom. The Balaban J connectivity index is 1.38. The molecule has 0 aliphatic heterocycles. The Labute approximate surface area is 145 Å². The van der Waals surface area contributed by atoms with Crippen LogP contribution in [0.3, 0.4) is 0 Å². The van der Waals surface area contributed by atoms with Crippen molar-refractivity contribution in [2.45, 2.75) is 38.8 Å². The number of aryl methyl sites for hydroxylation is 1. The fourth-order valence-electron chi connectivity index (χ4n) is 3.09. The molecule has 0 fully saturated rings. The Morgan fingerprint density at radius 3 is 2.92 bits per heavy atom. The average molecular weight is 337 g/mol. The number of hydrogen-bond donors (Lipinski definition) is 1. The van der Waals surface area contributed by atoms with Crippen molar-refractivity contribution >= 4 is 5.91 Å². The molecule has 3 aromatic rings. The summed E-state index contributed by atoms with van der Waals surface area (Å²) in [5, 5.41) is 15.3. The third kappa shape index (κ3) is 3.45. The minimum atomic E-state index is -0.124. The minimum absolute atomic E-state index is 0.124. The van der Waals surface area contributed by atoms with E-state index >= 15 is 0 Å². The van der Waals surface area contributed by atoms with Crippen LogP contribution in [0.25, 0.3) is 0 Å². The first-order valence-corrected chi connectivity index (χ1v) is 8.48. The molecule has 1 aliphatic carbocycles. The molecule has 0 bridgehead atoms. The molecule has 0 saturated carbocycles. The minimum Gasteiger partial charge on any atom is -0.361 e. The number of carbonyl (C=O) groups excluding carboxylic acids is 1. The van der Waals surface area contributed by atoms with E-state index < -0.39 is 0 Å². The van der Waals surface area contributed by atoms with Crippen molar-refractivity contribution in [1.82, 2.24) is 25.5 Å². The van der Waals surface area contributed by atoms with Crippen molar-refractivity contribution in [3.05, 3.63) is 64.8 Å². The van der Waals surface area contributed by atoms with Crippen LogP contribution in [0.15, 0.2) is 41.1 Å². The number of hydrogen-bond acceptors (Lipinski definition) is 5. The smallest absolute Gasteiger partial charge is 0.251 e. The molecule has 7 nitrogen and oxygen atoms in total. The number of aromatic nitrogens is 4. The van der Waals surface area contributed by atoms with E-state index in [1.165, 1.54) is 12.0 Å². The molecule has 0 spiro atoms. The zero-order valence-corrected chi connectivity index (χ0v) is 13.8. The van der Waals surface area contributed by atoms with E-state index in [0.717, 1.165) is 30.7 Å². The molecule has 0 unspecified atom stereocenters. The van der Waals surface area contributed by atoms with Crippen molar-refractivity contribution in [3.63, 3.8) is 0 Å². The van der Waals surface area contributed by atoms with Gasteiger partial charge in [0, 0.05) is 17.5 Å². The largest absolute Gasteiger partial charge is 0.361 e. The third-order valence-electron chi connectivity index (χ3n) is 4.40. The zero-order valence-electron chi connectivity index (χ0n) is 13.8. The number of benzene rings is 1. The van der Waals surface area contributed by atoms with Gasteiger partial charge in [-0.3, -0.25) is 4.79 Å². The van der Waals surface area contributed by atoms with Crippen LogP contribution in [-0.2, 0) is 25.9 Å². The lowest BCUT2D eigenvalue weighted by Gasteiger charge is -2.08. The summed E-state index contributed by atoms with van der Waals surface area (Å²) in [6.07, 6.45) is 6.15. The highest BCUT2D eigenvalue weighted by Crippen LogP contribution is 2.24. The number of nitrogens with one attached hydrogen (secondary N) is 1. The molecule has 25 heavy (non-hydrogen) atoms. The van der Waals surface area contributed by atoms with Gasteiger partial charge in [0.05, 0.1) is 19.3 Å². The maximum Gasteiger partial charge on any atom is 0.251 e. The number of fused-ring (bicyclic) bond motifs is 1. The van der Waals surface area contributed by atoms with Gasteiger partial charge in [-0.05, 0) is 31.4 Å². The first kappa shape index (κ1) is 15.6. The molecule has 0 radical (unpaired) electrons. The summed E-state index contributed by atoms with van der Waals surface area (Å²) < 4.78 is 7.16. The average Bonchev–Trinajstić information content (AvgIpc) is 3.28. The molecule has 0 atom stereocenters. The Bertz CT molecular complexity index is 869. The van der Waals surface area contributed by atoms with Gasteiger partial charge < -0.3 is 9.84 Å². The fraction of sp³-hybridized carbons (Fsp3) is 0.333. The topological polar surface area (TPSA) is 85.8 Å². The van der Waals surface area contributed by atoms with Crippen LogP contribution in [0, 0.1) is 0 Å². The number of amides is 1. The second kappa shape index (κ2) is 6.88. The van der Waals surface area contributed by atoms with E-state index in [0.29, 0.717) is 24.3 Å². The van der Waals surface area contributed by atoms with E-state index in [1.54, 1.807) is 16.8 Å². The number of rotatable bonds is 5. The number of carbonyl (C=O) groups is 1. The third-order valence-corrected chi connectivity index (χ3v) is 4.40. The Kier molecular flexibility index (Phi) is 4.28. The first-order chi connectivity index (χ1) is 12.3. The molecule has 1 aliphatic rings. The lowest BCUT2D eigenvalue weighted by molar-refractivity contribution is 0.0950. The van der Waals surface area contributed by atoms with Gasteiger partial charge >= 0.3 is 0 Å². The van der Waals surface area contributed by atoms with E-state index in [1.807, 2.05) is 24.4 Å². The summed E-state index contributed by atoms with van der Waals surface area (Å²) in [5.41, 5.74) is 3.49. The van der Waals surface area contributed by atoms with Gasteiger partial charge in [-0.2, -0.15) is 0 Å². The predicted molar refractivity (Wildman–Crippen MR) is 89.9 cm³/mol. The van der Waals surface area contributed by atoms with Crippen molar-refractivity contribution < 1.29 is 9.32 Å².